The Morgan fingerprint density at radius 2 is 1.70 bits per heavy atom. The van der Waals surface area contributed by atoms with Crippen LogP contribution in [0.2, 0.25) is 0 Å². The number of carboxylic acid groups (broad SMARTS) is 1. The monoisotopic (exact) mass is 424 g/mol. The number of ether oxygens (including phenoxy) is 1. The van der Waals surface area contributed by atoms with Gasteiger partial charge in [0.25, 0.3) is 0 Å². The van der Waals surface area contributed by atoms with Crippen LogP contribution in [0.4, 0.5) is 0 Å². The molecule has 0 spiro atoms. The maximum Gasteiger partial charge on any atom is 0.331 e. The van der Waals surface area contributed by atoms with E-state index in [4.69, 9.17) is 4.74 Å². The van der Waals surface area contributed by atoms with Gasteiger partial charge in [-0.1, -0.05) is 40.7 Å². The molecule has 0 radical (unpaired) electrons. The number of fused-ring (bicyclic) bond motifs is 2. The Morgan fingerprint density at radius 3 is 2.30 bits per heavy atom. The van der Waals surface area contributed by atoms with E-state index in [9.17, 15) is 9.90 Å². The van der Waals surface area contributed by atoms with Crippen molar-refractivity contribution in [1.82, 2.24) is 0 Å². The lowest BCUT2D eigenvalue weighted by Crippen LogP contribution is -2.34. The largest absolute Gasteiger partial charge is 0.492 e. The summed E-state index contributed by atoms with van der Waals surface area (Å²) in [6, 6.07) is 6.84. The van der Waals surface area contributed by atoms with Crippen molar-refractivity contribution in [2.45, 2.75) is 77.0 Å². The van der Waals surface area contributed by atoms with Crippen LogP contribution >= 0.6 is 11.3 Å². The fourth-order valence-corrected chi connectivity index (χ4v) is 5.91. The van der Waals surface area contributed by atoms with E-state index >= 15 is 0 Å². The minimum Gasteiger partial charge on any atom is -0.492 e. The van der Waals surface area contributed by atoms with Crippen molar-refractivity contribution in [3.63, 3.8) is 0 Å². The van der Waals surface area contributed by atoms with Gasteiger partial charge in [-0.05, 0) is 77.3 Å². The summed E-state index contributed by atoms with van der Waals surface area (Å²) in [4.78, 5) is 12.6. The summed E-state index contributed by atoms with van der Waals surface area (Å²) in [5.74, 6) is 0.162. The van der Waals surface area contributed by atoms with E-state index in [0.29, 0.717) is 18.6 Å². The topological polar surface area (TPSA) is 46.5 Å². The molecule has 0 amide bonds. The lowest BCUT2D eigenvalue weighted by Gasteiger charge is -2.42. The first-order valence-corrected chi connectivity index (χ1v) is 11.7. The lowest BCUT2D eigenvalue weighted by atomic mass is 9.62. The molecule has 2 heterocycles. The summed E-state index contributed by atoms with van der Waals surface area (Å²) < 4.78 is 6.24. The molecule has 2 aliphatic rings. The van der Waals surface area contributed by atoms with E-state index < -0.39 is 5.97 Å². The van der Waals surface area contributed by atoms with Gasteiger partial charge in [0.15, 0.2) is 0 Å². The number of carboxylic acids is 1. The average molecular weight is 425 g/mol. The molecule has 0 fully saturated rings. The third kappa shape index (κ3) is 3.30. The van der Waals surface area contributed by atoms with Crippen LogP contribution in [0, 0.1) is 0 Å². The molecule has 4 rings (SSSR count). The summed E-state index contributed by atoms with van der Waals surface area (Å²) in [6.07, 6.45) is 4.68. The van der Waals surface area contributed by atoms with Crippen molar-refractivity contribution in [3.8, 4) is 5.75 Å². The Labute approximate surface area is 183 Å². The minimum atomic E-state index is -0.845. The highest BCUT2D eigenvalue weighted by Crippen LogP contribution is 2.52. The van der Waals surface area contributed by atoms with Gasteiger partial charge in [-0.2, -0.15) is 0 Å². The van der Waals surface area contributed by atoms with Crippen molar-refractivity contribution < 1.29 is 14.6 Å². The van der Waals surface area contributed by atoms with Gasteiger partial charge in [0.1, 0.15) is 12.4 Å². The molecule has 1 aromatic carbocycles. The molecule has 1 unspecified atom stereocenters. The van der Waals surface area contributed by atoms with Crippen molar-refractivity contribution in [3.05, 3.63) is 56.3 Å². The quantitative estimate of drug-likeness (QED) is 0.557. The molecule has 0 saturated carbocycles. The third-order valence-electron chi connectivity index (χ3n) is 7.22. The molecule has 1 atom stereocenters. The number of rotatable bonds is 4. The first-order chi connectivity index (χ1) is 14.0. The predicted octanol–water partition coefficient (Wildman–Crippen LogP) is 6.67. The Kier molecular flexibility index (Phi) is 4.93. The highest BCUT2D eigenvalue weighted by molar-refractivity contribution is 7.10. The van der Waals surface area contributed by atoms with Crippen molar-refractivity contribution in [2.24, 2.45) is 0 Å². The van der Waals surface area contributed by atoms with Crippen LogP contribution in [0.25, 0.3) is 6.08 Å². The van der Waals surface area contributed by atoms with E-state index in [1.807, 2.05) is 6.92 Å². The SMILES string of the molecule is CC/C(=C/c1csc(C2(C)COc3cc4c(cc32)C(C)(C)CCC4(C)C)c1)C(=O)O. The summed E-state index contributed by atoms with van der Waals surface area (Å²) in [7, 11) is 0. The zero-order valence-corrected chi connectivity index (χ0v) is 19.7. The molecule has 1 N–H and O–H groups in total. The van der Waals surface area contributed by atoms with Gasteiger partial charge >= 0.3 is 5.97 Å². The van der Waals surface area contributed by atoms with E-state index in [-0.39, 0.29) is 16.2 Å². The standard InChI is InChI=1S/C26H32O3S/c1-7-17(23(27)28)10-16-11-22(30-14-16)26(6)15-29-21-13-19-18(12-20(21)26)24(2,3)8-9-25(19,4)5/h10-14H,7-9,15H2,1-6H3,(H,27,28)/b17-10-. The zero-order chi connectivity index (χ0) is 21.9. The summed E-state index contributed by atoms with van der Waals surface area (Å²) >= 11 is 1.69. The second kappa shape index (κ2) is 6.98. The number of carbonyl (C=O) groups is 1. The fourth-order valence-electron chi connectivity index (χ4n) is 4.88. The van der Waals surface area contributed by atoms with E-state index in [0.717, 1.165) is 11.3 Å². The molecule has 1 aliphatic heterocycles. The van der Waals surface area contributed by atoms with Crippen LogP contribution in [0.1, 0.15) is 87.9 Å². The average Bonchev–Trinajstić information content (AvgIpc) is 3.28. The number of hydrogen-bond acceptors (Lipinski definition) is 3. The van der Waals surface area contributed by atoms with E-state index in [1.165, 1.54) is 34.4 Å². The van der Waals surface area contributed by atoms with Crippen LogP contribution in [0.5, 0.6) is 5.75 Å². The summed E-state index contributed by atoms with van der Waals surface area (Å²) in [6.45, 7) is 14.1. The second-order valence-electron chi connectivity index (χ2n) is 10.4. The Balaban J connectivity index is 1.79. The lowest BCUT2D eigenvalue weighted by molar-refractivity contribution is -0.132. The van der Waals surface area contributed by atoms with Crippen LogP contribution in [-0.4, -0.2) is 17.7 Å². The highest BCUT2D eigenvalue weighted by atomic mass is 32.1. The number of thiophene rings is 1. The van der Waals surface area contributed by atoms with Crippen molar-refractivity contribution in [1.29, 1.82) is 0 Å². The molecule has 1 aromatic heterocycles. The van der Waals surface area contributed by atoms with E-state index in [2.05, 4.69) is 58.2 Å². The molecule has 4 heteroatoms. The van der Waals surface area contributed by atoms with Crippen LogP contribution in [0.3, 0.4) is 0 Å². The normalized spacial score (nSPS) is 24.1. The Hall–Kier alpha value is -2.07. The first kappa shape index (κ1) is 21.2. The van der Waals surface area contributed by atoms with Crippen molar-refractivity contribution >= 4 is 23.4 Å². The van der Waals surface area contributed by atoms with Gasteiger partial charge in [-0.15, -0.1) is 11.3 Å². The number of hydrogen-bond donors (Lipinski definition) is 1. The smallest absolute Gasteiger partial charge is 0.331 e. The molecule has 3 nitrogen and oxygen atoms in total. The molecular weight excluding hydrogens is 392 g/mol. The van der Waals surface area contributed by atoms with Crippen LogP contribution in [0.15, 0.2) is 29.2 Å². The third-order valence-corrected chi connectivity index (χ3v) is 8.44. The maximum atomic E-state index is 11.4. The van der Waals surface area contributed by atoms with Crippen LogP contribution < -0.4 is 4.74 Å². The second-order valence-corrected chi connectivity index (χ2v) is 11.3. The zero-order valence-electron chi connectivity index (χ0n) is 18.9. The molecule has 0 bridgehead atoms. The Morgan fingerprint density at radius 1 is 1.07 bits per heavy atom. The molecule has 30 heavy (non-hydrogen) atoms. The van der Waals surface area contributed by atoms with Gasteiger partial charge in [-0.25, -0.2) is 4.79 Å². The van der Waals surface area contributed by atoms with E-state index in [1.54, 1.807) is 17.4 Å². The van der Waals surface area contributed by atoms with Gasteiger partial charge in [0.05, 0.1) is 5.41 Å². The molecule has 160 valence electrons. The van der Waals surface area contributed by atoms with Gasteiger partial charge in [0.2, 0.25) is 0 Å². The van der Waals surface area contributed by atoms with Crippen LogP contribution in [-0.2, 0) is 21.0 Å². The summed E-state index contributed by atoms with van der Waals surface area (Å²) in [5, 5.41) is 11.4. The van der Waals surface area contributed by atoms with Gasteiger partial charge < -0.3 is 9.84 Å². The first-order valence-electron chi connectivity index (χ1n) is 10.8. The molecule has 0 saturated heterocycles. The number of benzene rings is 1. The Bertz CT molecular complexity index is 1040. The molecule has 2 aromatic rings. The maximum absolute atomic E-state index is 11.4. The summed E-state index contributed by atoms with van der Waals surface area (Å²) in [5.41, 5.74) is 5.64. The predicted molar refractivity (Wildman–Crippen MR) is 124 cm³/mol. The molecule has 1 aliphatic carbocycles. The fraction of sp³-hybridized carbons (Fsp3) is 0.500. The highest BCUT2D eigenvalue weighted by Gasteiger charge is 2.44. The number of aliphatic carboxylic acids is 1. The molecular formula is C26H32O3S. The minimum absolute atomic E-state index is 0.157. The van der Waals surface area contributed by atoms with Gasteiger partial charge in [-0.3, -0.25) is 0 Å². The van der Waals surface area contributed by atoms with Gasteiger partial charge in [0, 0.05) is 16.0 Å². The van der Waals surface area contributed by atoms with Crippen molar-refractivity contribution in [2.75, 3.05) is 6.61 Å².